The zero-order valence-electron chi connectivity index (χ0n) is 15.0. The summed E-state index contributed by atoms with van der Waals surface area (Å²) in [6.45, 7) is 3.59. The molecule has 4 N–H and O–H groups in total. The summed E-state index contributed by atoms with van der Waals surface area (Å²) in [5.74, 6) is 0.173. The molecule has 0 aliphatic carbocycles. The van der Waals surface area contributed by atoms with Gasteiger partial charge in [-0.2, -0.15) is 0 Å². The number of methoxy groups -OCH3 is 1. The summed E-state index contributed by atoms with van der Waals surface area (Å²) in [6.07, 6.45) is 0. The smallest absolute Gasteiger partial charge is 0.258 e. The fraction of sp³-hybridized carbons (Fsp3) is 0.263. The molecule has 0 heterocycles. The Morgan fingerprint density at radius 2 is 1.85 bits per heavy atom. The molecule has 0 unspecified atom stereocenters. The first-order chi connectivity index (χ1) is 12.4. The highest BCUT2D eigenvalue weighted by atomic mass is 16.5. The molecule has 0 atom stereocenters. The molecule has 2 aromatic carbocycles. The van der Waals surface area contributed by atoms with Gasteiger partial charge in [0.2, 0.25) is 0 Å². The van der Waals surface area contributed by atoms with Gasteiger partial charge in [-0.3, -0.25) is 9.59 Å². The Morgan fingerprint density at radius 1 is 1.12 bits per heavy atom. The number of hydrogen-bond acceptors (Lipinski definition) is 5. The van der Waals surface area contributed by atoms with E-state index in [-0.39, 0.29) is 24.5 Å². The summed E-state index contributed by atoms with van der Waals surface area (Å²) in [4.78, 5) is 24.1. The van der Waals surface area contributed by atoms with Gasteiger partial charge < -0.3 is 25.8 Å². The number of amides is 2. The van der Waals surface area contributed by atoms with Crippen LogP contribution in [0, 0.1) is 0 Å². The van der Waals surface area contributed by atoms with Gasteiger partial charge in [0, 0.05) is 11.6 Å². The van der Waals surface area contributed by atoms with Crippen LogP contribution >= 0.6 is 0 Å². The van der Waals surface area contributed by atoms with Gasteiger partial charge in [-0.05, 0) is 44.2 Å². The number of carbonyl (C=O) groups excluding carboxylic acids is 2. The van der Waals surface area contributed by atoms with Crippen molar-refractivity contribution in [1.29, 1.82) is 0 Å². The average molecular weight is 357 g/mol. The molecule has 7 heteroatoms. The van der Waals surface area contributed by atoms with Gasteiger partial charge in [-0.1, -0.05) is 12.1 Å². The molecule has 0 radical (unpaired) electrons. The SMILES string of the molecule is COc1cc(C(=O)Nc2ccccc2N)ccc1OCC(=O)NC(C)C. The zero-order chi connectivity index (χ0) is 19.1. The fourth-order valence-electron chi connectivity index (χ4n) is 2.24. The third kappa shape index (κ3) is 5.14. The van der Waals surface area contributed by atoms with E-state index < -0.39 is 0 Å². The van der Waals surface area contributed by atoms with Crippen LogP contribution in [0.15, 0.2) is 42.5 Å². The summed E-state index contributed by atoms with van der Waals surface area (Å²) in [6, 6.07) is 11.7. The Hall–Kier alpha value is -3.22. The average Bonchev–Trinajstić information content (AvgIpc) is 2.61. The number of anilines is 2. The van der Waals surface area contributed by atoms with Gasteiger partial charge in [0.25, 0.3) is 11.8 Å². The van der Waals surface area contributed by atoms with Crippen LogP contribution in [0.1, 0.15) is 24.2 Å². The molecular formula is C19H23N3O4. The van der Waals surface area contributed by atoms with E-state index in [9.17, 15) is 9.59 Å². The molecule has 0 aliphatic heterocycles. The van der Waals surface area contributed by atoms with E-state index in [0.29, 0.717) is 28.4 Å². The predicted octanol–water partition coefficient (Wildman–Crippen LogP) is 2.43. The van der Waals surface area contributed by atoms with Crippen molar-refractivity contribution in [3.63, 3.8) is 0 Å². The zero-order valence-corrected chi connectivity index (χ0v) is 15.0. The van der Waals surface area contributed by atoms with Gasteiger partial charge in [0.05, 0.1) is 18.5 Å². The van der Waals surface area contributed by atoms with Crippen LogP contribution in [0.25, 0.3) is 0 Å². The lowest BCUT2D eigenvalue weighted by Gasteiger charge is -2.13. The Morgan fingerprint density at radius 3 is 2.50 bits per heavy atom. The Balaban J connectivity index is 2.08. The molecule has 7 nitrogen and oxygen atoms in total. The summed E-state index contributed by atoms with van der Waals surface area (Å²) in [5, 5.41) is 5.48. The van der Waals surface area contributed by atoms with Gasteiger partial charge in [-0.25, -0.2) is 0 Å². The van der Waals surface area contributed by atoms with Crippen molar-refractivity contribution in [2.75, 3.05) is 24.8 Å². The molecule has 0 saturated heterocycles. The molecule has 0 aromatic heterocycles. The predicted molar refractivity (Wildman–Crippen MR) is 101 cm³/mol. The Bertz CT molecular complexity index is 790. The highest BCUT2D eigenvalue weighted by Gasteiger charge is 2.13. The van der Waals surface area contributed by atoms with Crippen LogP contribution in [0.5, 0.6) is 11.5 Å². The van der Waals surface area contributed by atoms with E-state index >= 15 is 0 Å². The number of para-hydroxylation sites is 2. The van der Waals surface area contributed by atoms with Crippen molar-refractivity contribution >= 4 is 23.2 Å². The monoisotopic (exact) mass is 357 g/mol. The second kappa shape index (κ2) is 8.75. The first-order valence-corrected chi connectivity index (χ1v) is 8.16. The minimum absolute atomic E-state index is 0.0319. The highest BCUT2D eigenvalue weighted by Crippen LogP contribution is 2.28. The highest BCUT2D eigenvalue weighted by molar-refractivity contribution is 6.06. The Kier molecular flexibility index (Phi) is 6.43. The lowest BCUT2D eigenvalue weighted by Crippen LogP contribution is -2.34. The number of nitrogens with two attached hydrogens (primary N) is 1. The maximum absolute atomic E-state index is 12.4. The summed E-state index contributed by atoms with van der Waals surface area (Å²) >= 11 is 0. The Labute approximate surface area is 152 Å². The number of rotatable bonds is 7. The second-order valence-electron chi connectivity index (χ2n) is 5.92. The van der Waals surface area contributed by atoms with Gasteiger partial charge >= 0.3 is 0 Å². The molecule has 2 aromatic rings. The van der Waals surface area contributed by atoms with E-state index in [1.807, 2.05) is 13.8 Å². The van der Waals surface area contributed by atoms with Crippen LogP contribution in [0.3, 0.4) is 0 Å². The standard InChI is InChI=1S/C19H23N3O4/c1-12(2)21-18(23)11-26-16-9-8-13(10-17(16)25-3)19(24)22-15-7-5-4-6-14(15)20/h4-10,12H,11,20H2,1-3H3,(H,21,23)(H,22,24). The minimum Gasteiger partial charge on any atom is -0.493 e. The van der Waals surface area contributed by atoms with Crippen molar-refractivity contribution in [2.45, 2.75) is 19.9 Å². The number of nitrogens with one attached hydrogen (secondary N) is 2. The first kappa shape index (κ1) is 19.1. The topological polar surface area (TPSA) is 103 Å². The molecule has 0 fully saturated rings. The molecule has 0 spiro atoms. The van der Waals surface area contributed by atoms with Crippen molar-refractivity contribution in [3.05, 3.63) is 48.0 Å². The van der Waals surface area contributed by atoms with E-state index in [1.54, 1.807) is 42.5 Å². The van der Waals surface area contributed by atoms with Crippen LogP contribution in [-0.4, -0.2) is 31.6 Å². The third-order valence-electron chi connectivity index (χ3n) is 3.44. The molecule has 26 heavy (non-hydrogen) atoms. The van der Waals surface area contributed by atoms with Crippen molar-refractivity contribution < 1.29 is 19.1 Å². The second-order valence-corrected chi connectivity index (χ2v) is 5.92. The first-order valence-electron chi connectivity index (χ1n) is 8.16. The molecule has 0 bridgehead atoms. The van der Waals surface area contributed by atoms with Crippen LogP contribution < -0.4 is 25.8 Å². The number of hydrogen-bond donors (Lipinski definition) is 3. The van der Waals surface area contributed by atoms with Crippen molar-refractivity contribution in [2.24, 2.45) is 0 Å². The van der Waals surface area contributed by atoms with Crippen molar-refractivity contribution in [3.8, 4) is 11.5 Å². The molecule has 2 rings (SSSR count). The maximum Gasteiger partial charge on any atom is 0.258 e. The molecule has 138 valence electrons. The number of carbonyl (C=O) groups is 2. The molecule has 2 amide bonds. The summed E-state index contributed by atoms with van der Waals surface area (Å²) in [5.41, 5.74) is 7.22. The normalized spacial score (nSPS) is 10.3. The minimum atomic E-state index is -0.328. The van der Waals surface area contributed by atoms with E-state index in [1.165, 1.54) is 7.11 Å². The quantitative estimate of drug-likeness (QED) is 0.661. The van der Waals surface area contributed by atoms with Gasteiger partial charge in [0.1, 0.15) is 0 Å². The third-order valence-corrected chi connectivity index (χ3v) is 3.44. The maximum atomic E-state index is 12.4. The van der Waals surface area contributed by atoms with Crippen LogP contribution in [0.2, 0.25) is 0 Å². The van der Waals surface area contributed by atoms with E-state index in [2.05, 4.69) is 10.6 Å². The molecular weight excluding hydrogens is 334 g/mol. The fourth-order valence-corrected chi connectivity index (χ4v) is 2.24. The van der Waals surface area contributed by atoms with Crippen LogP contribution in [0.4, 0.5) is 11.4 Å². The van der Waals surface area contributed by atoms with E-state index in [0.717, 1.165) is 0 Å². The largest absolute Gasteiger partial charge is 0.493 e. The van der Waals surface area contributed by atoms with Gasteiger partial charge in [-0.15, -0.1) is 0 Å². The number of ether oxygens (including phenoxy) is 2. The van der Waals surface area contributed by atoms with E-state index in [4.69, 9.17) is 15.2 Å². The number of benzene rings is 2. The van der Waals surface area contributed by atoms with Crippen LogP contribution in [-0.2, 0) is 4.79 Å². The van der Waals surface area contributed by atoms with Gasteiger partial charge in [0.15, 0.2) is 18.1 Å². The van der Waals surface area contributed by atoms with Crippen molar-refractivity contribution in [1.82, 2.24) is 5.32 Å². The number of nitrogen functional groups attached to an aromatic ring is 1. The summed E-state index contributed by atoms with van der Waals surface area (Å²) in [7, 11) is 1.47. The lowest BCUT2D eigenvalue weighted by molar-refractivity contribution is -0.123. The summed E-state index contributed by atoms with van der Waals surface area (Å²) < 4.78 is 10.7. The lowest BCUT2D eigenvalue weighted by atomic mass is 10.1. The molecule has 0 aliphatic rings. The molecule has 0 saturated carbocycles.